The minimum atomic E-state index is -4.44. The molecule has 1 saturated carbocycles. The molecule has 6 rings (SSSR count). The topological polar surface area (TPSA) is 107 Å². The van der Waals surface area contributed by atoms with Crippen molar-refractivity contribution in [1.82, 2.24) is 30.6 Å². The van der Waals surface area contributed by atoms with Crippen LogP contribution in [0.15, 0.2) is 35.1 Å². The monoisotopic (exact) mass is 574 g/mol. The molecule has 1 aromatic carbocycles. The third-order valence-electron chi connectivity index (χ3n) is 7.34. The van der Waals surface area contributed by atoms with E-state index in [9.17, 15) is 18.0 Å². The van der Waals surface area contributed by atoms with Crippen LogP contribution >= 0.6 is 11.3 Å². The van der Waals surface area contributed by atoms with Gasteiger partial charge in [-0.2, -0.15) is 23.3 Å². The lowest BCUT2D eigenvalue weighted by atomic mass is 10.1. The van der Waals surface area contributed by atoms with Crippen molar-refractivity contribution in [2.75, 3.05) is 6.54 Å². The van der Waals surface area contributed by atoms with Gasteiger partial charge in [-0.05, 0) is 45.2 Å². The minimum Gasteiger partial charge on any atom is -0.489 e. The zero-order valence-electron chi connectivity index (χ0n) is 22.2. The van der Waals surface area contributed by atoms with Crippen molar-refractivity contribution in [2.24, 2.45) is 5.92 Å². The molecule has 212 valence electrons. The van der Waals surface area contributed by atoms with Crippen LogP contribution in [0.1, 0.15) is 55.4 Å². The lowest BCUT2D eigenvalue weighted by Gasteiger charge is -2.24. The average molecular weight is 575 g/mol. The summed E-state index contributed by atoms with van der Waals surface area (Å²) >= 11 is 1.16. The van der Waals surface area contributed by atoms with Gasteiger partial charge in [-0.25, -0.2) is 0 Å². The maximum absolute atomic E-state index is 13.7. The predicted octanol–water partition coefficient (Wildman–Crippen LogP) is 5.07. The molecule has 2 aliphatic rings. The number of amides is 1. The minimum absolute atomic E-state index is 0.0318. The van der Waals surface area contributed by atoms with Crippen LogP contribution in [0.3, 0.4) is 0 Å². The number of carbonyl (C=O) groups is 1. The number of fused-ring (bicyclic) bond motifs is 3. The Balaban J connectivity index is 1.25. The fraction of sp³-hybridized carbons (Fsp3) is 0.481. The van der Waals surface area contributed by atoms with E-state index in [1.807, 2.05) is 20.8 Å². The summed E-state index contributed by atoms with van der Waals surface area (Å²) in [6.45, 7) is 6.70. The van der Waals surface area contributed by atoms with Crippen LogP contribution in [0.5, 0.6) is 5.75 Å². The predicted molar refractivity (Wildman–Crippen MR) is 142 cm³/mol. The molecular weight excluding hydrogens is 545 g/mol. The standard InChI is InChI=1S/C27H29F3N6O3S/c1-26(2,3)36-13-15(11-33-36)25(37)32-12-21-34-24(35-39-21)23-18(9-27(28,29)30)17-5-4-6-19(22(17)40-23)38-20-8-16-7-14(20)10-31-16/h4-6,11,13-14,16,20,31H,7-10,12H2,1-3H3,(H,32,37)/t14-,16-,20?/m0/s1. The van der Waals surface area contributed by atoms with Gasteiger partial charge in [-0.3, -0.25) is 9.48 Å². The Morgan fingerprint density at radius 1 is 1.27 bits per heavy atom. The van der Waals surface area contributed by atoms with Crippen molar-refractivity contribution in [3.8, 4) is 16.5 Å². The number of alkyl halides is 3. The molecule has 1 aliphatic carbocycles. The number of nitrogens with one attached hydrogen (secondary N) is 2. The zero-order valence-corrected chi connectivity index (χ0v) is 23.0. The number of nitrogens with zero attached hydrogens (tertiary/aromatic N) is 4. The molecule has 3 atom stereocenters. The highest BCUT2D eigenvalue weighted by molar-refractivity contribution is 7.22. The molecule has 1 aliphatic heterocycles. The lowest BCUT2D eigenvalue weighted by molar-refractivity contribution is -0.126. The molecule has 2 bridgehead atoms. The van der Waals surface area contributed by atoms with Crippen LogP contribution < -0.4 is 15.4 Å². The molecular formula is C27H29F3N6O3S. The van der Waals surface area contributed by atoms with Crippen LogP contribution in [-0.2, 0) is 18.5 Å². The molecule has 1 unspecified atom stereocenters. The first-order chi connectivity index (χ1) is 18.9. The first-order valence-corrected chi connectivity index (χ1v) is 13.9. The number of ether oxygens (including phenoxy) is 1. The highest BCUT2D eigenvalue weighted by atomic mass is 32.1. The summed E-state index contributed by atoms with van der Waals surface area (Å²) < 4.78 is 55.0. The fourth-order valence-corrected chi connectivity index (χ4v) is 6.57. The zero-order chi connectivity index (χ0) is 28.2. The third-order valence-corrected chi connectivity index (χ3v) is 8.60. The van der Waals surface area contributed by atoms with Gasteiger partial charge in [0.25, 0.3) is 5.91 Å². The molecule has 3 aromatic heterocycles. The van der Waals surface area contributed by atoms with Crippen LogP contribution in [0.4, 0.5) is 13.2 Å². The van der Waals surface area contributed by atoms with Gasteiger partial charge in [0.2, 0.25) is 11.7 Å². The summed E-state index contributed by atoms with van der Waals surface area (Å²) in [6, 6.07) is 5.63. The second-order valence-corrected chi connectivity index (χ2v) is 12.4. The maximum atomic E-state index is 13.7. The van der Waals surface area contributed by atoms with Crippen molar-refractivity contribution in [2.45, 2.75) is 70.4 Å². The lowest BCUT2D eigenvalue weighted by Crippen LogP contribution is -2.35. The molecule has 4 heterocycles. The SMILES string of the molecule is CC(C)(C)n1cc(C(=O)NCc2nc(-c3sc4c(OC5C[C@@H]6C[C@H]5CN6)cccc4c3CC(F)(F)F)no2)cn1. The van der Waals surface area contributed by atoms with E-state index in [1.54, 1.807) is 29.1 Å². The summed E-state index contributed by atoms with van der Waals surface area (Å²) in [7, 11) is 0. The third kappa shape index (κ3) is 5.31. The van der Waals surface area contributed by atoms with Crippen molar-refractivity contribution in [3.63, 3.8) is 0 Å². The summed E-state index contributed by atoms with van der Waals surface area (Å²) in [4.78, 5) is 17.2. The normalized spacial score (nSPS) is 20.9. The molecule has 0 radical (unpaired) electrons. The summed E-state index contributed by atoms with van der Waals surface area (Å²) in [5.41, 5.74) is 0.167. The van der Waals surface area contributed by atoms with Crippen molar-refractivity contribution in [1.29, 1.82) is 0 Å². The van der Waals surface area contributed by atoms with Gasteiger partial charge in [-0.15, -0.1) is 11.3 Å². The van der Waals surface area contributed by atoms with E-state index < -0.39 is 12.6 Å². The molecule has 4 aromatic rings. The number of hydrogen-bond acceptors (Lipinski definition) is 8. The number of benzene rings is 1. The Morgan fingerprint density at radius 3 is 2.77 bits per heavy atom. The van der Waals surface area contributed by atoms with E-state index in [-0.39, 0.29) is 46.3 Å². The van der Waals surface area contributed by atoms with Gasteiger partial charge in [-0.1, -0.05) is 17.3 Å². The van der Waals surface area contributed by atoms with E-state index in [0.29, 0.717) is 33.4 Å². The molecule has 2 fully saturated rings. The van der Waals surface area contributed by atoms with E-state index >= 15 is 0 Å². The largest absolute Gasteiger partial charge is 0.489 e. The Kier molecular flexibility index (Phi) is 6.61. The summed E-state index contributed by atoms with van der Waals surface area (Å²) in [5, 5.41) is 14.8. The maximum Gasteiger partial charge on any atom is 0.393 e. The number of carbonyl (C=O) groups excluding carboxylic acids is 1. The Morgan fingerprint density at radius 2 is 2.10 bits per heavy atom. The van der Waals surface area contributed by atoms with Gasteiger partial charge >= 0.3 is 6.18 Å². The molecule has 0 spiro atoms. The van der Waals surface area contributed by atoms with Crippen molar-refractivity contribution in [3.05, 3.63) is 47.6 Å². The van der Waals surface area contributed by atoms with Gasteiger partial charge < -0.3 is 19.9 Å². The Bertz CT molecular complexity index is 1550. The Labute approximate surface area is 232 Å². The van der Waals surface area contributed by atoms with Gasteiger partial charge in [0.1, 0.15) is 11.9 Å². The number of halogens is 3. The second kappa shape index (κ2) is 9.88. The quantitative estimate of drug-likeness (QED) is 0.318. The highest BCUT2D eigenvalue weighted by Crippen LogP contribution is 2.45. The number of thiophene rings is 1. The van der Waals surface area contributed by atoms with Crippen LogP contribution in [-0.4, -0.2) is 50.7 Å². The molecule has 1 saturated heterocycles. The number of piperidine rings is 1. The smallest absolute Gasteiger partial charge is 0.393 e. The molecule has 13 heteroatoms. The molecule has 40 heavy (non-hydrogen) atoms. The highest BCUT2D eigenvalue weighted by Gasteiger charge is 2.41. The average Bonchev–Trinajstić information content (AvgIpc) is 3.70. The van der Waals surface area contributed by atoms with Gasteiger partial charge in [0.05, 0.1) is 39.8 Å². The van der Waals surface area contributed by atoms with E-state index in [1.165, 1.54) is 6.20 Å². The van der Waals surface area contributed by atoms with Crippen LogP contribution in [0.2, 0.25) is 0 Å². The molecule has 2 N–H and O–H groups in total. The second-order valence-electron chi connectivity index (χ2n) is 11.4. The van der Waals surface area contributed by atoms with E-state index in [4.69, 9.17) is 9.26 Å². The van der Waals surface area contributed by atoms with Gasteiger partial charge in [0, 0.05) is 30.1 Å². The first-order valence-electron chi connectivity index (χ1n) is 13.1. The van der Waals surface area contributed by atoms with Crippen LogP contribution in [0.25, 0.3) is 20.8 Å². The fourth-order valence-electron chi connectivity index (χ4n) is 5.37. The summed E-state index contributed by atoms with van der Waals surface area (Å²) in [6.07, 6.45) is -0.502. The number of rotatable bonds is 7. The molecule has 9 nitrogen and oxygen atoms in total. The van der Waals surface area contributed by atoms with E-state index in [0.717, 1.165) is 30.7 Å². The number of hydrogen-bond donors (Lipinski definition) is 2. The van der Waals surface area contributed by atoms with E-state index in [2.05, 4.69) is 25.9 Å². The summed E-state index contributed by atoms with van der Waals surface area (Å²) in [5.74, 6) is 0.703. The van der Waals surface area contributed by atoms with Crippen molar-refractivity contribution >= 4 is 27.3 Å². The van der Waals surface area contributed by atoms with Crippen molar-refractivity contribution < 1.29 is 27.2 Å². The molecule has 1 amide bonds. The number of aromatic nitrogens is 4. The first kappa shape index (κ1) is 26.8. The Hall–Kier alpha value is -3.45. The van der Waals surface area contributed by atoms with Gasteiger partial charge in [0.15, 0.2) is 0 Å². The van der Waals surface area contributed by atoms with Crippen LogP contribution in [0, 0.1) is 5.92 Å².